The van der Waals surface area contributed by atoms with Crippen molar-refractivity contribution in [3.63, 3.8) is 0 Å². The summed E-state index contributed by atoms with van der Waals surface area (Å²) < 4.78 is 8.50. The van der Waals surface area contributed by atoms with Gasteiger partial charge in [0, 0.05) is 28.7 Å². The minimum absolute atomic E-state index is 0.239. The number of ether oxygens (including phenoxy) is 1. The summed E-state index contributed by atoms with van der Waals surface area (Å²) in [6.07, 6.45) is 8.57. The van der Waals surface area contributed by atoms with E-state index in [9.17, 15) is 4.79 Å². The van der Waals surface area contributed by atoms with E-state index in [-0.39, 0.29) is 5.97 Å². The van der Waals surface area contributed by atoms with E-state index in [2.05, 4.69) is 25.6 Å². The van der Waals surface area contributed by atoms with Crippen LogP contribution in [0.15, 0.2) is 47.1 Å². The highest BCUT2D eigenvalue weighted by molar-refractivity contribution is 9.10. The third-order valence-corrected chi connectivity index (χ3v) is 5.63. The predicted octanol–water partition coefficient (Wildman–Crippen LogP) is 5.82. The van der Waals surface area contributed by atoms with Gasteiger partial charge in [0.2, 0.25) is 0 Å². The van der Waals surface area contributed by atoms with Crippen molar-refractivity contribution in [2.75, 3.05) is 5.32 Å². The molecule has 1 aliphatic carbocycles. The fraction of sp³-hybridized carbons (Fsp3) is 0.364. The van der Waals surface area contributed by atoms with Crippen molar-refractivity contribution in [1.82, 2.24) is 9.38 Å². The van der Waals surface area contributed by atoms with Crippen LogP contribution < -0.4 is 10.1 Å². The molecule has 0 radical (unpaired) electrons. The van der Waals surface area contributed by atoms with Gasteiger partial charge in [0.1, 0.15) is 22.9 Å². The van der Waals surface area contributed by atoms with Crippen LogP contribution in [0.25, 0.3) is 16.9 Å². The summed E-state index contributed by atoms with van der Waals surface area (Å²) in [5, 5.41) is 3.74. The molecule has 0 amide bonds. The molecule has 2 heterocycles. The van der Waals surface area contributed by atoms with Crippen LogP contribution in [0.4, 0.5) is 5.82 Å². The number of nitrogens with zero attached hydrogens (tertiary/aromatic N) is 2. The number of rotatable bonds is 5. The van der Waals surface area contributed by atoms with Gasteiger partial charge in [-0.25, -0.2) is 4.98 Å². The molecule has 2 aromatic heterocycles. The van der Waals surface area contributed by atoms with Gasteiger partial charge in [0.15, 0.2) is 0 Å². The van der Waals surface area contributed by atoms with Crippen LogP contribution in [-0.4, -0.2) is 21.4 Å². The number of aromatic nitrogens is 2. The number of anilines is 1. The number of carbonyl (C=O) groups excluding carboxylic acids is 1. The number of benzene rings is 1. The number of carbonyl (C=O) groups is 1. The van der Waals surface area contributed by atoms with Crippen molar-refractivity contribution in [2.24, 2.45) is 0 Å². The largest absolute Gasteiger partial charge is 0.427 e. The zero-order chi connectivity index (χ0) is 19.5. The molecule has 0 saturated heterocycles. The molecule has 28 heavy (non-hydrogen) atoms. The zero-order valence-electron chi connectivity index (χ0n) is 16.0. The Morgan fingerprint density at radius 1 is 1.25 bits per heavy atom. The van der Waals surface area contributed by atoms with E-state index in [4.69, 9.17) is 9.72 Å². The van der Waals surface area contributed by atoms with E-state index in [0.717, 1.165) is 27.2 Å². The molecule has 5 nitrogen and oxygen atoms in total. The van der Waals surface area contributed by atoms with Gasteiger partial charge in [-0.3, -0.25) is 9.20 Å². The Hall–Kier alpha value is -2.34. The molecule has 0 spiro atoms. The van der Waals surface area contributed by atoms with Crippen LogP contribution in [0.3, 0.4) is 0 Å². The maximum atomic E-state index is 11.7. The van der Waals surface area contributed by atoms with Crippen LogP contribution in [-0.2, 0) is 4.79 Å². The van der Waals surface area contributed by atoms with Gasteiger partial charge in [-0.05, 0) is 53.0 Å². The van der Waals surface area contributed by atoms with Crippen molar-refractivity contribution in [1.29, 1.82) is 0 Å². The van der Waals surface area contributed by atoms with Crippen molar-refractivity contribution < 1.29 is 9.53 Å². The highest BCUT2D eigenvalue weighted by Crippen LogP contribution is 2.33. The Balaban J connectivity index is 1.76. The summed E-state index contributed by atoms with van der Waals surface area (Å²) in [4.78, 5) is 16.5. The summed E-state index contributed by atoms with van der Waals surface area (Å²) >= 11 is 3.57. The number of halogens is 1. The van der Waals surface area contributed by atoms with E-state index in [1.54, 1.807) is 13.0 Å². The number of hydrogen-bond donors (Lipinski definition) is 1. The Morgan fingerprint density at radius 3 is 2.86 bits per heavy atom. The Morgan fingerprint density at radius 2 is 2.07 bits per heavy atom. The van der Waals surface area contributed by atoms with Crippen LogP contribution >= 0.6 is 15.9 Å². The average molecular weight is 442 g/mol. The highest BCUT2D eigenvalue weighted by atomic mass is 79.9. The number of hydrogen-bond acceptors (Lipinski definition) is 4. The minimum atomic E-state index is -0.239. The summed E-state index contributed by atoms with van der Waals surface area (Å²) in [6, 6.07) is 12.0. The number of imidazole rings is 1. The molecule has 0 bridgehead atoms. The van der Waals surface area contributed by atoms with Gasteiger partial charge in [-0.15, -0.1) is 0 Å². The number of pyridine rings is 1. The molecular weight excluding hydrogens is 418 g/mol. The summed E-state index contributed by atoms with van der Waals surface area (Å²) in [5.74, 6) is 1.30. The maximum absolute atomic E-state index is 11.7. The van der Waals surface area contributed by atoms with E-state index in [0.29, 0.717) is 18.2 Å². The Bertz CT molecular complexity index is 993. The molecule has 146 valence electrons. The number of esters is 1. The van der Waals surface area contributed by atoms with Gasteiger partial charge < -0.3 is 10.1 Å². The molecule has 1 aromatic carbocycles. The minimum Gasteiger partial charge on any atom is -0.427 e. The van der Waals surface area contributed by atoms with Crippen LogP contribution in [0.5, 0.6) is 5.75 Å². The molecule has 1 aliphatic rings. The second kappa shape index (κ2) is 8.35. The number of nitrogens with one attached hydrogen (secondary N) is 1. The monoisotopic (exact) mass is 441 g/mol. The van der Waals surface area contributed by atoms with Crippen LogP contribution in [0, 0.1) is 0 Å². The third-order valence-electron chi connectivity index (χ3n) is 5.16. The highest BCUT2D eigenvalue weighted by Gasteiger charge is 2.20. The molecule has 1 saturated carbocycles. The van der Waals surface area contributed by atoms with Crippen molar-refractivity contribution >= 4 is 33.4 Å². The molecule has 3 aromatic rings. The lowest BCUT2D eigenvalue weighted by molar-refractivity contribution is -0.134. The number of fused-ring (bicyclic) bond motifs is 1. The topological polar surface area (TPSA) is 55.6 Å². The fourth-order valence-corrected chi connectivity index (χ4v) is 4.05. The van der Waals surface area contributed by atoms with Crippen molar-refractivity contribution in [2.45, 2.75) is 51.5 Å². The van der Waals surface area contributed by atoms with E-state index in [1.165, 1.54) is 32.1 Å². The lowest BCUT2D eigenvalue weighted by atomic mass is 9.95. The van der Waals surface area contributed by atoms with Crippen molar-refractivity contribution in [3.05, 3.63) is 47.1 Å². The summed E-state index contributed by atoms with van der Waals surface area (Å²) in [5.41, 5.74) is 2.69. The molecule has 6 heteroatoms. The smallest absolute Gasteiger partial charge is 0.310 e. The van der Waals surface area contributed by atoms with Gasteiger partial charge in [-0.2, -0.15) is 0 Å². The van der Waals surface area contributed by atoms with Gasteiger partial charge in [0.25, 0.3) is 0 Å². The van der Waals surface area contributed by atoms with Gasteiger partial charge in [-0.1, -0.05) is 38.3 Å². The normalized spacial score (nSPS) is 14.9. The van der Waals surface area contributed by atoms with E-state index in [1.807, 2.05) is 36.5 Å². The molecule has 0 unspecified atom stereocenters. The van der Waals surface area contributed by atoms with Crippen LogP contribution in [0.2, 0.25) is 0 Å². The van der Waals surface area contributed by atoms with Crippen LogP contribution in [0.1, 0.15) is 45.4 Å². The second-order valence-electron chi connectivity index (χ2n) is 7.22. The van der Waals surface area contributed by atoms with Gasteiger partial charge in [0.05, 0.1) is 0 Å². The molecular formula is C22H24BrN3O2. The SMILES string of the molecule is CCC(=O)Oc1cccc(-c2nc3ccc(Br)cn3c2NC2CCCCC2)c1. The lowest BCUT2D eigenvalue weighted by Gasteiger charge is -2.24. The first kappa shape index (κ1) is 19.0. The standard InChI is InChI=1S/C22H24BrN3O2/c1-2-20(27)28-18-10-6-7-15(13-18)21-22(24-17-8-4-3-5-9-17)26-14-16(23)11-12-19(26)25-21/h6-7,10-14,17,24H,2-5,8-9H2,1H3. The maximum Gasteiger partial charge on any atom is 0.310 e. The molecule has 0 atom stereocenters. The summed E-state index contributed by atoms with van der Waals surface area (Å²) in [7, 11) is 0. The summed E-state index contributed by atoms with van der Waals surface area (Å²) in [6.45, 7) is 1.79. The third kappa shape index (κ3) is 4.07. The zero-order valence-corrected chi connectivity index (χ0v) is 17.5. The fourth-order valence-electron chi connectivity index (χ4n) is 3.71. The lowest BCUT2D eigenvalue weighted by Crippen LogP contribution is -2.23. The molecule has 0 aliphatic heterocycles. The molecule has 1 fully saturated rings. The van der Waals surface area contributed by atoms with Gasteiger partial charge >= 0.3 is 5.97 Å². The molecule has 1 N–H and O–H groups in total. The van der Waals surface area contributed by atoms with E-state index < -0.39 is 0 Å². The predicted molar refractivity (Wildman–Crippen MR) is 115 cm³/mol. The Kier molecular flexibility index (Phi) is 5.67. The van der Waals surface area contributed by atoms with Crippen molar-refractivity contribution in [3.8, 4) is 17.0 Å². The first-order chi connectivity index (χ1) is 13.6. The first-order valence-electron chi connectivity index (χ1n) is 9.89. The average Bonchev–Trinajstić information content (AvgIpc) is 3.06. The Labute approximate surface area is 173 Å². The van der Waals surface area contributed by atoms with E-state index >= 15 is 0 Å². The second-order valence-corrected chi connectivity index (χ2v) is 8.13. The molecule has 4 rings (SSSR count). The quantitative estimate of drug-likeness (QED) is 0.400. The first-order valence-corrected chi connectivity index (χ1v) is 10.7.